The number of thiazole rings is 1. The van der Waals surface area contributed by atoms with E-state index in [9.17, 15) is 4.79 Å². The maximum atomic E-state index is 12.6. The predicted molar refractivity (Wildman–Crippen MR) is 94.0 cm³/mol. The Hall–Kier alpha value is -1.57. The Labute approximate surface area is 141 Å². The zero-order chi connectivity index (χ0) is 15.1. The van der Waals surface area contributed by atoms with Crippen LogP contribution in [0.5, 0.6) is 0 Å². The minimum absolute atomic E-state index is 0.107. The summed E-state index contributed by atoms with van der Waals surface area (Å²) in [6, 6.07) is 3.62. The van der Waals surface area contributed by atoms with Gasteiger partial charge in [-0.25, -0.2) is 4.98 Å². The molecule has 0 atom stereocenters. The number of anilines is 1. The molecule has 4 rings (SSSR count). The number of thioether (sulfide) groups is 1. The van der Waals surface area contributed by atoms with Crippen molar-refractivity contribution in [3.63, 3.8) is 0 Å². The second-order valence-electron chi connectivity index (χ2n) is 5.11. The van der Waals surface area contributed by atoms with Gasteiger partial charge in [0.15, 0.2) is 4.32 Å². The van der Waals surface area contributed by atoms with Gasteiger partial charge in [0.25, 0.3) is 5.91 Å². The van der Waals surface area contributed by atoms with Gasteiger partial charge in [-0.05, 0) is 31.1 Å². The van der Waals surface area contributed by atoms with E-state index in [1.807, 2.05) is 17.5 Å². The molecule has 3 heterocycles. The molecule has 2 fully saturated rings. The Bertz CT molecular complexity index is 780. The van der Waals surface area contributed by atoms with Gasteiger partial charge in [-0.2, -0.15) is 0 Å². The van der Waals surface area contributed by atoms with Gasteiger partial charge < -0.3 is 0 Å². The van der Waals surface area contributed by atoms with Crippen LogP contribution in [0.25, 0.3) is 6.08 Å². The zero-order valence-electron chi connectivity index (χ0n) is 11.4. The lowest BCUT2D eigenvalue weighted by Gasteiger charge is -2.13. The van der Waals surface area contributed by atoms with Crippen LogP contribution in [0.15, 0.2) is 34.8 Å². The summed E-state index contributed by atoms with van der Waals surface area (Å²) in [4.78, 5) is 23.3. The number of hydrogen-bond acceptors (Lipinski definition) is 6. The smallest absolute Gasteiger partial charge is 0.268 e. The van der Waals surface area contributed by atoms with Crippen LogP contribution in [0.4, 0.5) is 5.69 Å². The number of pyridine rings is 1. The first-order valence-electron chi connectivity index (χ1n) is 6.86. The molecule has 7 heteroatoms. The number of amides is 1. The van der Waals surface area contributed by atoms with Gasteiger partial charge >= 0.3 is 0 Å². The topological polar surface area (TPSA) is 46.1 Å². The predicted octanol–water partition coefficient (Wildman–Crippen LogP) is 3.82. The van der Waals surface area contributed by atoms with Gasteiger partial charge in [-0.15, -0.1) is 11.3 Å². The molecule has 0 bridgehead atoms. The van der Waals surface area contributed by atoms with E-state index >= 15 is 0 Å². The van der Waals surface area contributed by atoms with Gasteiger partial charge in [0.2, 0.25) is 0 Å². The third-order valence-electron chi connectivity index (χ3n) is 3.44. The Morgan fingerprint density at radius 2 is 2.27 bits per heavy atom. The van der Waals surface area contributed by atoms with Gasteiger partial charge in [0.1, 0.15) is 0 Å². The molecule has 0 N–H and O–H groups in total. The third-order valence-corrected chi connectivity index (χ3v) is 5.77. The molecule has 110 valence electrons. The molecule has 1 saturated heterocycles. The third kappa shape index (κ3) is 2.60. The van der Waals surface area contributed by atoms with Crippen molar-refractivity contribution in [3.05, 3.63) is 45.5 Å². The van der Waals surface area contributed by atoms with E-state index in [0.29, 0.717) is 20.8 Å². The fraction of sp³-hybridized carbons (Fsp3) is 0.200. The van der Waals surface area contributed by atoms with E-state index in [1.54, 1.807) is 29.8 Å². The number of nitrogens with zero attached hydrogens (tertiary/aromatic N) is 3. The summed E-state index contributed by atoms with van der Waals surface area (Å²) in [6.45, 7) is 0. The monoisotopic (exact) mass is 345 g/mol. The largest absolute Gasteiger partial charge is 0.270 e. The molecule has 2 aromatic heterocycles. The first-order chi connectivity index (χ1) is 10.7. The van der Waals surface area contributed by atoms with Crippen molar-refractivity contribution >= 4 is 57.3 Å². The summed E-state index contributed by atoms with van der Waals surface area (Å²) in [5, 5.41) is 3.18. The highest BCUT2D eigenvalue weighted by atomic mass is 32.2. The molecule has 0 radical (unpaired) electrons. The molecule has 0 unspecified atom stereocenters. The zero-order valence-corrected chi connectivity index (χ0v) is 13.9. The highest BCUT2D eigenvalue weighted by molar-refractivity contribution is 8.27. The van der Waals surface area contributed by atoms with E-state index in [4.69, 9.17) is 12.2 Å². The summed E-state index contributed by atoms with van der Waals surface area (Å²) in [7, 11) is 0. The number of thiocarbonyl (C=S) groups is 1. The quantitative estimate of drug-likeness (QED) is 0.625. The molecule has 0 spiro atoms. The summed E-state index contributed by atoms with van der Waals surface area (Å²) >= 11 is 8.31. The van der Waals surface area contributed by atoms with Crippen LogP contribution in [0.3, 0.4) is 0 Å². The molecule has 1 saturated carbocycles. The Balaban J connectivity index is 1.61. The molecular formula is C15H11N3OS3. The summed E-state index contributed by atoms with van der Waals surface area (Å²) in [6.07, 6.45) is 7.61. The lowest BCUT2D eigenvalue weighted by Crippen LogP contribution is -2.27. The van der Waals surface area contributed by atoms with Gasteiger partial charge in [-0.1, -0.05) is 24.0 Å². The lowest BCUT2D eigenvalue weighted by molar-refractivity contribution is -0.113. The minimum atomic E-state index is -0.107. The number of carbonyl (C=O) groups excluding carboxylic acids is 1. The molecule has 0 aromatic carbocycles. The average molecular weight is 345 g/mol. The van der Waals surface area contributed by atoms with Crippen molar-refractivity contribution < 1.29 is 4.79 Å². The van der Waals surface area contributed by atoms with E-state index in [0.717, 1.165) is 5.69 Å². The minimum Gasteiger partial charge on any atom is -0.268 e. The fourth-order valence-corrected chi connectivity index (χ4v) is 4.43. The van der Waals surface area contributed by atoms with Crippen LogP contribution < -0.4 is 4.90 Å². The Morgan fingerprint density at radius 3 is 3.00 bits per heavy atom. The summed E-state index contributed by atoms with van der Waals surface area (Å²) < 4.78 is 0.530. The van der Waals surface area contributed by atoms with Crippen molar-refractivity contribution in [2.24, 2.45) is 0 Å². The Morgan fingerprint density at radius 1 is 1.41 bits per heavy atom. The van der Waals surface area contributed by atoms with Gasteiger partial charge in [0, 0.05) is 17.5 Å². The Kier molecular flexibility index (Phi) is 3.56. The maximum absolute atomic E-state index is 12.6. The van der Waals surface area contributed by atoms with Gasteiger partial charge in [0.05, 0.1) is 27.5 Å². The molecule has 4 nitrogen and oxygen atoms in total. The van der Waals surface area contributed by atoms with Crippen LogP contribution in [-0.2, 0) is 4.79 Å². The summed E-state index contributed by atoms with van der Waals surface area (Å²) in [5.41, 5.74) is 1.55. The second-order valence-corrected chi connectivity index (χ2v) is 7.68. The van der Waals surface area contributed by atoms with E-state index in [1.165, 1.54) is 34.5 Å². The molecule has 2 aliphatic rings. The van der Waals surface area contributed by atoms with Crippen molar-refractivity contribution in [2.45, 2.75) is 18.8 Å². The average Bonchev–Trinajstić information content (AvgIpc) is 3.21. The normalized spacial score (nSPS) is 20.2. The number of rotatable bonds is 3. The standard InChI is InChI=1S/C15H11N3OS3/c19-14-12(6-10-8-21-13(17-10)9-3-4-9)22-15(20)18(14)11-2-1-5-16-7-11/h1-2,5-9H,3-4H2/b12-6+. The molecule has 1 aliphatic heterocycles. The molecule has 22 heavy (non-hydrogen) atoms. The van der Waals surface area contributed by atoms with E-state index < -0.39 is 0 Å². The van der Waals surface area contributed by atoms with E-state index in [-0.39, 0.29) is 5.91 Å². The van der Waals surface area contributed by atoms with E-state index in [2.05, 4.69) is 9.97 Å². The fourth-order valence-electron chi connectivity index (χ4n) is 2.20. The van der Waals surface area contributed by atoms with Crippen molar-refractivity contribution in [1.82, 2.24) is 9.97 Å². The van der Waals surface area contributed by atoms with Crippen LogP contribution in [0.2, 0.25) is 0 Å². The van der Waals surface area contributed by atoms with Gasteiger partial charge in [-0.3, -0.25) is 14.7 Å². The number of carbonyl (C=O) groups is 1. The molecule has 1 aliphatic carbocycles. The van der Waals surface area contributed by atoms with Crippen LogP contribution in [-0.4, -0.2) is 20.2 Å². The van der Waals surface area contributed by atoms with Crippen LogP contribution in [0, 0.1) is 0 Å². The lowest BCUT2D eigenvalue weighted by atomic mass is 10.3. The highest BCUT2D eigenvalue weighted by Gasteiger charge is 2.34. The SMILES string of the molecule is O=C1/C(=C\c2csc(C3CC3)n2)SC(=S)N1c1cccnc1. The van der Waals surface area contributed by atoms with Crippen molar-refractivity contribution in [1.29, 1.82) is 0 Å². The first-order valence-corrected chi connectivity index (χ1v) is 8.96. The molecular weight excluding hydrogens is 334 g/mol. The van der Waals surface area contributed by atoms with Crippen molar-refractivity contribution in [3.8, 4) is 0 Å². The second kappa shape index (κ2) is 5.57. The first kappa shape index (κ1) is 14.0. The molecule has 1 amide bonds. The number of hydrogen-bond donors (Lipinski definition) is 0. The van der Waals surface area contributed by atoms with Crippen LogP contribution >= 0.6 is 35.3 Å². The highest BCUT2D eigenvalue weighted by Crippen LogP contribution is 2.42. The van der Waals surface area contributed by atoms with Crippen LogP contribution in [0.1, 0.15) is 29.5 Å². The van der Waals surface area contributed by atoms with Crippen molar-refractivity contribution in [2.75, 3.05) is 4.90 Å². The number of aromatic nitrogens is 2. The maximum Gasteiger partial charge on any atom is 0.270 e. The summed E-state index contributed by atoms with van der Waals surface area (Å²) in [5.74, 6) is 0.529. The molecule has 2 aromatic rings.